The molecule has 1 atom stereocenters. The van der Waals surface area contributed by atoms with E-state index >= 15 is 0 Å². The summed E-state index contributed by atoms with van der Waals surface area (Å²) in [6.07, 6.45) is 2.46. The lowest BCUT2D eigenvalue weighted by molar-refractivity contribution is 0.128. The van der Waals surface area contributed by atoms with E-state index in [0.717, 1.165) is 13.1 Å². The molecule has 4 heteroatoms. The molecular weight excluding hydrogens is 200 g/mol. The molecular formula is C12H24N4. The quantitative estimate of drug-likeness (QED) is 0.739. The summed E-state index contributed by atoms with van der Waals surface area (Å²) in [6.45, 7) is 6.60. The molecule has 0 amide bonds. The standard InChI is InChI=1S/C12H24N4/c1-4-16-7-5-12(6-8-16)15(3)10-11(9-13)14-2/h11-12,14H,4-8,10H2,1-3H3. The van der Waals surface area contributed by atoms with Crippen molar-refractivity contribution in [2.45, 2.75) is 31.8 Å². The Labute approximate surface area is 99.2 Å². The van der Waals surface area contributed by atoms with Crippen LogP contribution in [0.25, 0.3) is 0 Å². The number of rotatable bonds is 5. The van der Waals surface area contributed by atoms with E-state index in [2.05, 4.69) is 35.2 Å². The van der Waals surface area contributed by atoms with Crippen molar-refractivity contribution >= 4 is 0 Å². The van der Waals surface area contributed by atoms with Crippen LogP contribution in [-0.2, 0) is 0 Å². The fraction of sp³-hybridized carbons (Fsp3) is 0.917. The second-order valence-corrected chi connectivity index (χ2v) is 4.58. The Bertz CT molecular complexity index is 228. The van der Waals surface area contributed by atoms with Crippen LogP contribution in [0.4, 0.5) is 0 Å². The second-order valence-electron chi connectivity index (χ2n) is 4.58. The molecule has 0 bridgehead atoms. The first-order valence-electron chi connectivity index (χ1n) is 6.20. The van der Waals surface area contributed by atoms with Crippen molar-refractivity contribution in [1.82, 2.24) is 15.1 Å². The van der Waals surface area contributed by atoms with E-state index in [9.17, 15) is 0 Å². The van der Waals surface area contributed by atoms with Crippen LogP contribution in [0.1, 0.15) is 19.8 Å². The van der Waals surface area contributed by atoms with Crippen molar-refractivity contribution in [2.75, 3.05) is 40.3 Å². The first kappa shape index (κ1) is 13.4. The largest absolute Gasteiger partial charge is 0.304 e. The molecule has 1 heterocycles. The summed E-state index contributed by atoms with van der Waals surface area (Å²) in [5.41, 5.74) is 0. The molecule has 0 aromatic heterocycles. The third-order valence-electron chi connectivity index (χ3n) is 3.60. The van der Waals surface area contributed by atoms with Gasteiger partial charge in [-0.25, -0.2) is 0 Å². The number of hydrogen-bond acceptors (Lipinski definition) is 4. The Morgan fingerprint density at radius 2 is 2.12 bits per heavy atom. The molecule has 1 aliphatic rings. The Kier molecular flexibility index (Phi) is 5.75. The molecule has 1 aliphatic heterocycles. The average molecular weight is 224 g/mol. The zero-order valence-corrected chi connectivity index (χ0v) is 10.7. The molecule has 0 aromatic carbocycles. The van der Waals surface area contributed by atoms with Gasteiger partial charge in [-0.1, -0.05) is 6.92 Å². The third-order valence-corrected chi connectivity index (χ3v) is 3.60. The van der Waals surface area contributed by atoms with Gasteiger partial charge in [0.2, 0.25) is 0 Å². The molecule has 1 saturated heterocycles. The monoisotopic (exact) mass is 224 g/mol. The Balaban J connectivity index is 2.33. The first-order chi connectivity index (χ1) is 7.71. The van der Waals surface area contributed by atoms with Crippen LogP contribution in [0.5, 0.6) is 0 Å². The third kappa shape index (κ3) is 3.75. The van der Waals surface area contributed by atoms with E-state index in [0.29, 0.717) is 6.04 Å². The molecule has 0 radical (unpaired) electrons. The van der Waals surface area contributed by atoms with Gasteiger partial charge in [-0.2, -0.15) is 5.26 Å². The highest BCUT2D eigenvalue weighted by atomic mass is 15.2. The molecule has 0 aromatic rings. The molecule has 0 spiro atoms. The van der Waals surface area contributed by atoms with Crippen LogP contribution in [0, 0.1) is 11.3 Å². The van der Waals surface area contributed by atoms with Crippen molar-refractivity contribution in [3.8, 4) is 6.07 Å². The average Bonchev–Trinajstić information content (AvgIpc) is 2.35. The molecule has 92 valence electrons. The lowest BCUT2D eigenvalue weighted by atomic mass is 10.0. The summed E-state index contributed by atoms with van der Waals surface area (Å²) >= 11 is 0. The summed E-state index contributed by atoms with van der Waals surface area (Å²) in [5.74, 6) is 0. The Morgan fingerprint density at radius 3 is 2.56 bits per heavy atom. The number of nitrogens with zero attached hydrogens (tertiary/aromatic N) is 3. The molecule has 1 unspecified atom stereocenters. The fourth-order valence-electron chi connectivity index (χ4n) is 2.31. The zero-order chi connectivity index (χ0) is 12.0. The molecule has 16 heavy (non-hydrogen) atoms. The summed E-state index contributed by atoms with van der Waals surface area (Å²) < 4.78 is 0. The highest BCUT2D eigenvalue weighted by molar-refractivity contribution is 4.92. The maximum Gasteiger partial charge on any atom is 0.108 e. The second kappa shape index (κ2) is 6.85. The Morgan fingerprint density at radius 1 is 1.50 bits per heavy atom. The normalized spacial score (nSPS) is 20.9. The maximum atomic E-state index is 8.91. The topological polar surface area (TPSA) is 42.3 Å². The molecule has 0 aliphatic carbocycles. The van der Waals surface area contributed by atoms with Crippen LogP contribution in [-0.4, -0.2) is 62.2 Å². The van der Waals surface area contributed by atoms with Gasteiger partial charge in [0, 0.05) is 12.6 Å². The number of nitrogens with one attached hydrogen (secondary N) is 1. The van der Waals surface area contributed by atoms with Crippen LogP contribution in [0.3, 0.4) is 0 Å². The van der Waals surface area contributed by atoms with Crippen LogP contribution in [0.2, 0.25) is 0 Å². The van der Waals surface area contributed by atoms with E-state index in [1.165, 1.54) is 25.9 Å². The maximum absolute atomic E-state index is 8.91. The number of likely N-dealkylation sites (N-methyl/N-ethyl adjacent to an activating group) is 2. The highest BCUT2D eigenvalue weighted by Crippen LogP contribution is 2.15. The van der Waals surface area contributed by atoms with Crippen molar-refractivity contribution in [2.24, 2.45) is 0 Å². The predicted molar refractivity (Wildman–Crippen MR) is 66.2 cm³/mol. The van der Waals surface area contributed by atoms with E-state index < -0.39 is 0 Å². The summed E-state index contributed by atoms with van der Waals surface area (Å²) in [6, 6.07) is 2.88. The van der Waals surface area contributed by atoms with Gasteiger partial charge >= 0.3 is 0 Å². The van der Waals surface area contributed by atoms with Crippen LogP contribution < -0.4 is 5.32 Å². The van der Waals surface area contributed by atoms with Gasteiger partial charge in [0.05, 0.1) is 6.07 Å². The van der Waals surface area contributed by atoms with Gasteiger partial charge in [-0.3, -0.25) is 0 Å². The predicted octanol–water partition coefficient (Wildman–Crippen LogP) is 0.514. The molecule has 1 fully saturated rings. The summed E-state index contributed by atoms with van der Waals surface area (Å²) in [7, 11) is 3.98. The van der Waals surface area contributed by atoms with Gasteiger partial charge in [0.1, 0.15) is 6.04 Å². The fourth-order valence-corrected chi connectivity index (χ4v) is 2.31. The van der Waals surface area contributed by atoms with Gasteiger partial charge in [-0.15, -0.1) is 0 Å². The summed E-state index contributed by atoms with van der Waals surface area (Å²) in [4.78, 5) is 4.82. The van der Waals surface area contributed by atoms with Gasteiger partial charge in [-0.05, 0) is 46.6 Å². The number of likely N-dealkylation sites (tertiary alicyclic amines) is 1. The molecule has 1 N–H and O–H groups in total. The minimum Gasteiger partial charge on any atom is -0.304 e. The molecule has 0 saturated carbocycles. The van der Waals surface area contributed by atoms with Gasteiger partial charge < -0.3 is 15.1 Å². The molecule has 4 nitrogen and oxygen atoms in total. The zero-order valence-electron chi connectivity index (χ0n) is 10.7. The minimum absolute atomic E-state index is 0.0470. The van der Waals surface area contributed by atoms with E-state index in [-0.39, 0.29) is 6.04 Å². The van der Waals surface area contributed by atoms with Gasteiger partial charge in [0.15, 0.2) is 0 Å². The van der Waals surface area contributed by atoms with E-state index in [1.807, 2.05) is 7.05 Å². The first-order valence-corrected chi connectivity index (χ1v) is 6.20. The number of nitriles is 1. The van der Waals surface area contributed by atoms with E-state index in [1.54, 1.807) is 0 Å². The minimum atomic E-state index is -0.0470. The highest BCUT2D eigenvalue weighted by Gasteiger charge is 2.22. The van der Waals surface area contributed by atoms with Crippen LogP contribution >= 0.6 is 0 Å². The van der Waals surface area contributed by atoms with Crippen molar-refractivity contribution < 1.29 is 0 Å². The summed E-state index contributed by atoms with van der Waals surface area (Å²) in [5, 5.41) is 11.9. The van der Waals surface area contributed by atoms with Crippen molar-refractivity contribution in [3.05, 3.63) is 0 Å². The SMILES string of the molecule is CCN1CCC(N(C)CC(C#N)NC)CC1. The smallest absolute Gasteiger partial charge is 0.108 e. The number of piperidine rings is 1. The number of hydrogen-bond donors (Lipinski definition) is 1. The lowest BCUT2D eigenvalue weighted by Gasteiger charge is -2.36. The lowest BCUT2D eigenvalue weighted by Crippen LogP contribution is -2.47. The van der Waals surface area contributed by atoms with E-state index in [4.69, 9.17) is 5.26 Å². The van der Waals surface area contributed by atoms with Crippen molar-refractivity contribution in [3.63, 3.8) is 0 Å². The van der Waals surface area contributed by atoms with Gasteiger partial charge in [0.25, 0.3) is 0 Å². The van der Waals surface area contributed by atoms with Crippen molar-refractivity contribution in [1.29, 1.82) is 5.26 Å². The Hall–Kier alpha value is -0.630. The van der Waals surface area contributed by atoms with Crippen LogP contribution in [0.15, 0.2) is 0 Å². The molecule has 1 rings (SSSR count).